The number of ketones is 1. The van der Waals surface area contributed by atoms with E-state index in [-0.39, 0.29) is 22.4 Å². The van der Waals surface area contributed by atoms with Gasteiger partial charge in [0.15, 0.2) is 17.2 Å². The van der Waals surface area contributed by atoms with Crippen molar-refractivity contribution in [2.45, 2.75) is 18.1 Å². The fourth-order valence-electron chi connectivity index (χ4n) is 2.09. The molecule has 1 aliphatic rings. The molecule has 4 heteroatoms. The van der Waals surface area contributed by atoms with Crippen LogP contribution in [0.15, 0.2) is 28.7 Å². The second-order valence-corrected chi connectivity index (χ2v) is 5.45. The van der Waals surface area contributed by atoms with Crippen molar-refractivity contribution in [3.8, 4) is 0 Å². The Bertz CT molecular complexity index is 570. The van der Waals surface area contributed by atoms with E-state index in [9.17, 15) is 9.18 Å². The third kappa shape index (κ3) is 1.86. The van der Waals surface area contributed by atoms with Gasteiger partial charge in [-0.1, -0.05) is 12.1 Å². The first-order valence-electron chi connectivity index (χ1n) is 5.59. The summed E-state index contributed by atoms with van der Waals surface area (Å²) in [6, 6.07) is 6.34. The molecule has 1 atom stereocenters. The van der Waals surface area contributed by atoms with Crippen LogP contribution in [-0.2, 0) is 0 Å². The van der Waals surface area contributed by atoms with E-state index in [1.54, 1.807) is 30.0 Å². The zero-order valence-corrected chi connectivity index (χ0v) is 9.93. The molecular formula is C13H11FO2S. The standard InChI is InChI=1S/C13H11FO2S/c14-9-4-1-3-8-7-10(16-13(8)9)12(15)11-5-2-6-17-11/h1,3-4,7,11H,2,5-6H2. The summed E-state index contributed by atoms with van der Waals surface area (Å²) >= 11 is 1.66. The Morgan fingerprint density at radius 1 is 1.47 bits per heavy atom. The van der Waals surface area contributed by atoms with Crippen LogP contribution in [-0.4, -0.2) is 16.8 Å². The van der Waals surface area contributed by atoms with Gasteiger partial charge in [0.25, 0.3) is 0 Å². The van der Waals surface area contributed by atoms with E-state index in [0.717, 1.165) is 18.6 Å². The monoisotopic (exact) mass is 250 g/mol. The molecule has 88 valence electrons. The molecule has 0 bridgehead atoms. The third-order valence-corrected chi connectivity index (χ3v) is 4.34. The molecule has 2 heterocycles. The second-order valence-electron chi connectivity index (χ2n) is 4.13. The molecule has 0 spiro atoms. The van der Waals surface area contributed by atoms with Gasteiger partial charge in [-0.3, -0.25) is 4.79 Å². The van der Waals surface area contributed by atoms with E-state index in [1.807, 2.05) is 0 Å². The van der Waals surface area contributed by atoms with Crippen LogP contribution in [0.5, 0.6) is 0 Å². The Hall–Kier alpha value is -1.29. The van der Waals surface area contributed by atoms with Gasteiger partial charge < -0.3 is 4.42 Å². The van der Waals surface area contributed by atoms with Crippen molar-refractivity contribution in [1.82, 2.24) is 0 Å². The van der Waals surface area contributed by atoms with Gasteiger partial charge in [-0.2, -0.15) is 11.8 Å². The highest BCUT2D eigenvalue weighted by atomic mass is 32.2. The van der Waals surface area contributed by atoms with Crippen LogP contribution in [0.3, 0.4) is 0 Å². The van der Waals surface area contributed by atoms with Gasteiger partial charge in [0.2, 0.25) is 5.78 Å². The van der Waals surface area contributed by atoms with E-state index < -0.39 is 5.82 Å². The van der Waals surface area contributed by atoms with E-state index >= 15 is 0 Å². The molecule has 3 rings (SSSR count). The van der Waals surface area contributed by atoms with Crippen molar-refractivity contribution in [2.75, 3.05) is 5.75 Å². The van der Waals surface area contributed by atoms with Gasteiger partial charge in [-0.05, 0) is 30.7 Å². The number of furan rings is 1. The SMILES string of the molecule is O=C(c1cc2cccc(F)c2o1)C1CCCS1. The summed E-state index contributed by atoms with van der Waals surface area (Å²) in [5.41, 5.74) is 0.179. The first-order chi connectivity index (χ1) is 8.25. The topological polar surface area (TPSA) is 30.2 Å². The Balaban J connectivity index is 2.00. The fraction of sp³-hybridized carbons (Fsp3) is 0.308. The van der Waals surface area contributed by atoms with Gasteiger partial charge in [-0.25, -0.2) is 4.39 Å². The molecule has 0 saturated carbocycles. The summed E-state index contributed by atoms with van der Waals surface area (Å²) in [5.74, 6) is 0.874. The minimum absolute atomic E-state index is 0.0110. The Morgan fingerprint density at radius 2 is 2.35 bits per heavy atom. The highest BCUT2D eigenvalue weighted by molar-refractivity contribution is 8.00. The van der Waals surface area contributed by atoms with E-state index in [1.165, 1.54) is 6.07 Å². The lowest BCUT2D eigenvalue weighted by Crippen LogP contribution is -2.12. The molecule has 1 fully saturated rings. The molecule has 17 heavy (non-hydrogen) atoms. The number of thioether (sulfide) groups is 1. The summed E-state index contributed by atoms with van der Waals surface area (Å²) in [7, 11) is 0. The van der Waals surface area contributed by atoms with Gasteiger partial charge in [0.1, 0.15) is 0 Å². The highest BCUT2D eigenvalue weighted by Crippen LogP contribution is 2.31. The number of carbonyl (C=O) groups excluding carboxylic acids is 1. The van der Waals surface area contributed by atoms with Gasteiger partial charge in [0.05, 0.1) is 5.25 Å². The number of carbonyl (C=O) groups is 1. The number of halogens is 1. The quantitative estimate of drug-likeness (QED) is 0.762. The smallest absolute Gasteiger partial charge is 0.210 e. The van der Waals surface area contributed by atoms with Crippen molar-refractivity contribution < 1.29 is 13.6 Å². The van der Waals surface area contributed by atoms with Crippen LogP contribution in [0.4, 0.5) is 4.39 Å². The average molecular weight is 250 g/mol. The summed E-state index contributed by atoms with van der Waals surface area (Å²) in [5, 5.41) is 0.634. The van der Waals surface area contributed by atoms with Crippen LogP contribution in [0, 0.1) is 5.82 Å². The van der Waals surface area contributed by atoms with Crippen molar-refractivity contribution in [3.05, 3.63) is 35.8 Å². The van der Waals surface area contributed by atoms with E-state index in [2.05, 4.69) is 0 Å². The average Bonchev–Trinajstić information content (AvgIpc) is 2.98. The predicted octanol–water partition coefficient (Wildman–Crippen LogP) is 3.65. The van der Waals surface area contributed by atoms with Crippen LogP contribution < -0.4 is 0 Å². The highest BCUT2D eigenvalue weighted by Gasteiger charge is 2.27. The first-order valence-corrected chi connectivity index (χ1v) is 6.64. The molecule has 1 aliphatic heterocycles. The zero-order valence-electron chi connectivity index (χ0n) is 9.11. The number of hydrogen-bond donors (Lipinski definition) is 0. The molecule has 0 radical (unpaired) electrons. The maximum Gasteiger partial charge on any atom is 0.210 e. The van der Waals surface area contributed by atoms with E-state index in [4.69, 9.17) is 4.42 Å². The number of Topliss-reactive ketones (excluding diaryl/α,β-unsaturated/α-hetero) is 1. The summed E-state index contributed by atoms with van der Waals surface area (Å²) in [6.45, 7) is 0. The van der Waals surface area contributed by atoms with Crippen LogP contribution in [0.25, 0.3) is 11.0 Å². The van der Waals surface area contributed by atoms with Crippen LogP contribution in [0.2, 0.25) is 0 Å². The molecule has 1 aromatic heterocycles. The van der Waals surface area contributed by atoms with Gasteiger partial charge in [-0.15, -0.1) is 0 Å². The summed E-state index contributed by atoms with van der Waals surface area (Å²) in [4.78, 5) is 12.1. The molecule has 2 aromatic rings. The lowest BCUT2D eigenvalue weighted by Gasteiger charge is -2.03. The maximum atomic E-state index is 13.4. The van der Waals surface area contributed by atoms with Gasteiger partial charge >= 0.3 is 0 Å². The first kappa shape index (κ1) is 10.8. The van der Waals surface area contributed by atoms with Crippen molar-refractivity contribution >= 4 is 28.5 Å². The number of hydrogen-bond acceptors (Lipinski definition) is 3. The third-order valence-electron chi connectivity index (χ3n) is 2.96. The molecule has 1 saturated heterocycles. The molecular weight excluding hydrogens is 239 g/mol. The zero-order chi connectivity index (χ0) is 11.8. The van der Waals surface area contributed by atoms with Crippen molar-refractivity contribution in [1.29, 1.82) is 0 Å². The normalized spacial score (nSPS) is 19.9. The molecule has 2 nitrogen and oxygen atoms in total. The largest absolute Gasteiger partial charge is 0.450 e. The summed E-state index contributed by atoms with van der Waals surface area (Å²) in [6.07, 6.45) is 1.96. The lowest BCUT2D eigenvalue weighted by molar-refractivity contribution is 0.0964. The lowest BCUT2D eigenvalue weighted by atomic mass is 10.1. The fourth-order valence-corrected chi connectivity index (χ4v) is 3.31. The van der Waals surface area contributed by atoms with Crippen LogP contribution >= 0.6 is 11.8 Å². The number of fused-ring (bicyclic) bond motifs is 1. The minimum Gasteiger partial charge on any atom is -0.450 e. The predicted molar refractivity (Wildman–Crippen MR) is 66.0 cm³/mol. The number of para-hydroxylation sites is 1. The van der Waals surface area contributed by atoms with Crippen molar-refractivity contribution in [2.24, 2.45) is 0 Å². The number of benzene rings is 1. The molecule has 0 N–H and O–H groups in total. The minimum atomic E-state index is -0.416. The Morgan fingerprint density at radius 3 is 3.06 bits per heavy atom. The Labute approximate surface area is 102 Å². The van der Waals surface area contributed by atoms with E-state index in [0.29, 0.717) is 5.39 Å². The Kier molecular flexibility index (Phi) is 2.67. The summed E-state index contributed by atoms with van der Waals surface area (Å²) < 4.78 is 18.8. The molecule has 1 unspecified atom stereocenters. The van der Waals surface area contributed by atoms with Crippen molar-refractivity contribution in [3.63, 3.8) is 0 Å². The van der Waals surface area contributed by atoms with Gasteiger partial charge in [0, 0.05) is 5.39 Å². The second kappa shape index (κ2) is 4.18. The molecule has 0 amide bonds. The maximum absolute atomic E-state index is 13.4. The molecule has 0 aliphatic carbocycles. The molecule has 1 aromatic carbocycles. The van der Waals surface area contributed by atoms with Crippen LogP contribution in [0.1, 0.15) is 23.4 Å². The number of rotatable bonds is 2.